The van der Waals surface area contributed by atoms with E-state index in [-0.39, 0.29) is 5.82 Å². The van der Waals surface area contributed by atoms with Crippen molar-refractivity contribution in [1.29, 1.82) is 0 Å². The molecule has 0 atom stereocenters. The number of aromatic nitrogens is 1. The average molecular weight is 475 g/mol. The number of halogens is 1. The van der Waals surface area contributed by atoms with E-state index in [1.807, 2.05) is 16.8 Å². The maximum absolute atomic E-state index is 13.5. The number of methoxy groups -OCH3 is 1. The molecule has 0 saturated carbocycles. The number of sulfonamides is 1. The molecule has 0 spiro atoms. The summed E-state index contributed by atoms with van der Waals surface area (Å²) < 4.78 is 47.0. The Morgan fingerprint density at radius 3 is 2.45 bits per heavy atom. The first-order valence-electron chi connectivity index (χ1n) is 10.6. The van der Waals surface area contributed by atoms with E-state index in [2.05, 4.69) is 26.3 Å². The predicted molar refractivity (Wildman–Crippen MR) is 125 cm³/mol. The molecule has 8 nitrogen and oxygen atoms in total. The van der Waals surface area contributed by atoms with Gasteiger partial charge in [0.1, 0.15) is 5.82 Å². The zero-order valence-corrected chi connectivity index (χ0v) is 19.4. The Kier molecular flexibility index (Phi) is 6.68. The molecular formula is C23H27FN4O4S. The van der Waals surface area contributed by atoms with Gasteiger partial charge in [0.15, 0.2) is 5.75 Å². The summed E-state index contributed by atoms with van der Waals surface area (Å²) in [6, 6.07) is 11.5. The highest BCUT2D eigenvalue weighted by molar-refractivity contribution is 7.93. The predicted octanol–water partition coefficient (Wildman–Crippen LogP) is 2.43. The molecule has 3 aromatic rings. The molecule has 10 heteroatoms. The van der Waals surface area contributed by atoms with Crippen LogP contribution >= 0.6 is 0 Å². The first kappa shape index (κ1) is 23.2. The van der Waals surface area contributed by atoms with E-state index >= 15 is 0 Å². The van der Waals surface area contributed by atoms with Gasteiger partial charge in [-0.2, -0.15) is 0 Å². The number of nitrogens with zero attached hydrogens (tertiary/aromatic N) is 3. The molecule has 1 saturated heterocycles. The number of hydrogen-bond donors (Lipinski definition) is 1. The van der Waals surface area contributed by atoms with Gasteiger partial charge >= 0.3 is 5.97 Å². The number of anilines is 1. The Morgan fingerprint density at radius 2 is 1.79 bits per heavy atom. The molecule has 0 amide bonds. The zero-order valence-electron chi connectivity index (χ0n) is 18.6. The van der Waals surface area contributed by atoms with Gasteiger partial charge in [-0.15, -0.1) is 0 Å². The number of esters is 1. The Hall–Kier alpha value is -2.95. The quantitative estimate of drug-likeness (QED) is 0.530. The van der Waals surface area contributed by atoms with Gasteiger partial charge in [-0.25, -0.2) is 12.8 Å². The van der Waals surface area contributed by atoms with Gasteiger partial charge in [-0.1, -0.05) is 0 Å². The molecule has 0 unspecified atom stereocenters. The fraction of sp³-hybridized carbons (Fsp3) is 0.348. The summed E-state index contributed by atoms with van der Waals surface area (Å²) in [7, 11) is -0.653. The maximum Gasteiger partial charge on any atom is 0.322 e. The topological polar surface area (TPSA) is 83.9 Å². The van der Waals surface area contributed by atoms with Crippen LogP contribution in [0.4, 0.5) is 10.1 Å². The largest absolute Gasteiger partial charge is 0.468 e. The Bertz CT molecular complexity index is 1250. The fourth-order valence-electron chi connectivity index (χ4n) is 3.98. The minimum Gasteiger partial charge on any atom is -0.468 e. The van der Waals surface area contributed by atoms with Crippen LogP contribution in [0.15, 0.2) is 48.7 Å². The summed E-state index contributed by atoms with van der Waals surface area (Å²) in [4.78, 5) is 16.1. The second-order valence-corrected chi connectivity index (χ2v) is 9.97. The minimum absolute atomic E-state index is 0.310. The van der Waals surface area contributed by atoms with E-state index in [0.29, 0.717) is 12.2 Å². The number of carbonyl (C=O) groups is 1. The van der Waals surface area contributed by atoms with Gasteiger partial charge in [0.25, 0.3) is 0 Å². The molecule has 1 fully saturated rings. The lowest BCUT2D eigenvalue weighted by atomic mass is 10.1. The van der Waals surface area contributed by atoms with Crippen LogP contribution in [-0.4, -0.2) is 74.8 Å². The number of carbonyl (C=O) groups excluding carboxylic acids is 1. The van der Waals surface area contributed by atoms with E-state index in [1.165, 1.54) is 12.1 Å². The van der Waals surface area contributed by atoms with Gasteiger partial charge in [0.05, 0.1) is 12.6 Å². The highest BCUT2D eigenvalue weighted by Gasteiger charge is 2.20. The molecule has 1 aromatic heterocycles. The Labute approximate surface area is 192 Å². The monoisotopic (exact) mass is 474 g/mol. The first-order chi connectivity index (χ1) is 15.7. The SMILES string of the molecule is COC(=O)CS(=O)(=O)Nc1ccc2c(c1)c(CN1CCN(C)CC1)cn2-c1ccc(F)cc1. The molecule has 176 valence electrons. The van der Waals surface area contributed by atoms with Crippen LogP contribution in [0.1, 0.15) is 5.56 Å². The number of hydrogen-bond acceptors (Lipinski definition) is 6. The van der Waals surface area contributed by atoms with Crippen LogP contribution in [0.25, 0.3) is 16.6 Å². The van der Waals surface area contributed by atoms with Crippen molar-refractivity contribution >= 4 is 32.6 Å². The highest BCUT2D eigenvalue weighted by atomic mass is 32.2. The summed E-state index contributed by atoms with van der Waals surface area (Å²) in [5.41, 5.74) is 3.09. The van der Waals surface area contributed by atoms with Crippen molar-refractivity contribution in [1.82, 2.24) is 14.4 Å². The van der Waals surface area contributed by atoms with Crippen LogP contribution < -0.4 is 4.72 Å². The number of rotatable bonds is 7. The third kappa shape index (κ3) is 5.52. The number of piperazine rings is 1. The van der Waals surface area contributed by atoms with Crippen LogP contribution in [0.3, 0.4) is 0 Å². The smallest absolute Gasteiger partial charge is 0.322 e. The summed E-state index contributed by atoms with van der Waals surface area (Å²) in [5.74, 6) is -1.90. The molecule has 33 heavy (non-hydrogen) atoms. The second kappa shape index (κ2) is 9.50. The van der Waals surface area contributed by atoms with Crippen LogP contribution in [0.2, 0.25) is 0 Å². The number of nitrogens with one attached hydrogen (secondary N) is 1. The highest BCUT2D eigenvalue weighted by Crippen LogP contribution is 2.29. The average Bonchev–Trinajstić information content (AvgIpc) is 3.12. The standard InChI is InChI=1S/C23H27FN4O4S/c1-26-9-11-27(12-10-26)14-17-15-28(20-6-3-18(24)4-7-20)22-8-5-19(13-21(17)22)25-33(30,31)16-23(29)32-2/h3-8,13,15,25H,9-12,14,16H2,1-2H3. The molecule has 0 aliphatic carbocycles. The number of benzene rings is 2. The van der Waals surface area contributed by atoms with Gasteiger partial charge in [0.2, 0.25) is 10.0 Å². The molecule has 1 aliphatic heterocycles. The number of ether oxygens (including phenoxy) is 1. The van der Waals surface area contributed by atoms with Crippen molar-refractivity contribution in [3.63, 3.8) is 0 Å². The van der Waals surface area contributed by atoms with E-state index in [0.717, 1.165) is 55.4 Å². The third-order valence-corrected chi connectivity index (χ3v) is 6.95. The van der Waals surface area contributed by atoms with E-state index in [9.17, 15) is 17.6 Å². The molecule has 2 aromatic carbocycles. The van der Waals surface area contributed by atoms with Gasteiger partial charge < -0.3 is 14.2 Å². The summed E-state index contributed by atoms with van der Waals surface area (Å²) in [6.07, 6.45) is 2.02. The summed E-state index contributed by atoms with van der Waals surface area (Å²) >= 11 is 0. The Morgan fingerprint density at radius 1 is 1.09 bits per heavy atom. The normalized spacial score (nSPS) is 15.6. The third-order valence-electron chi connectivity index (χ3n) is 5.79. The van der Waals surface area contributed by atoms with Crippen molar-refractivity contribution in [2.75, 3.05) is 50.8 Å². The van der Waals surface area contributed by atoms with Crippen molar-refractivity contribution in [2.45, 2.75) is 6.54 Å². The molecule has 2 heterocycles. The van der Waals surface area contributed by atoms with Crippen LogP contribution in [0.5, 0.6) is 0 Å². The maximum atomic E-state index is 13.5. The van der Waals surface area contributed by atoms with E-state index in [1.54, 1.807) is 24.3 Å². The van der Waals surface area contributed by atoms with Gasteiger partial charge in [-0.05, 0) is 55.1 Å². The molecule has 4 rings (SSSR count). The van der Waals surface area contributed by atoms with E-state index < -0.39 is 21.7 Å². The van der Waals surface area contributed by atoms with Gasteiger partial charge in [-0.3, -0.25) is 14.4 Å². The molecular weight excluding hydrogens is 447 g/mol. The fourth-order valence-corrected chi connectivity index (χ4v) is 4.97. The van der Waals surface area contributed by atoms with Crippen molar-refractivity contribution < 1.29 is 22.3 Å². The lowest BCUT2D eigenvalue weighted by Gasteiger charge is -2.32. The summed E-state index contributed by atoms with van der Waals surface area (Å²) in [5, 5.41) is 0.886. The van der Waals surface area contributed by atoms with Crippen molar-refractivity contribution in [2.24, 2.45) is 0 Å². The number of fused-ring (bicyclic) bond motifs is 1. The number of likely N-dealkylation sites (N-methyl/N-ethyl adjacent to an activating group) is 1. The molecule has 1 N–H and O–H groups in total. The molecule has 1 aliphatic rings. The minimum atomic E-state index is -3.90. The second-order valence-electron chi connectivity index (χ2n) is 8.25. The molecule has 0 radical (unpaired) electrons. The zero-order chi connectivity index (χ0) is 23.6. The van der Waals surface area contributed by atoms with Crippen molar-refractivity contribution in [3.05, 3.63) is 60.0 Å². The van der Waals surface area contributed by atoms with Crippen LogP contribution in [0, 0.1) is 5.82 Å². The Balaban J connectivity index is 1.71. The van der Waals surface area contributed by atoms with Crippen molar-refractivity contribution in [3.8, 4) is 5.69 Å². The molecule has 0 bridgehead atoms. The lowest BCUT2D eigenvalue weighted by molar-refractivity contribution is -0.137. The first-order valence-corrected chi connectivity index (χ1v) is 12.3. The lowest BCUT2D eigenvalue weighted by Crippen LogP contribution is -2.43. The van der Waals surface area contributed by atoms with E-state index in [4.69, 9.17) is 0 Å². The van der Waals surface area contributed by atoms with Crippen LogP contribution in [-0.2, 0) is 26.1 Å². The summed E-state index contributed by atoms with van der Waals surface area (Å²) in [6.45, 7) is 4.54. The van der Waals surface area contributed by atoms with Gasteiger partial charge in [0, 0.05) is 55.7 Å².